The summed E-state index contributed by atoms with van der Waals surface area (Å²) in [7, 11) is 0. The van der Waals surface area contributed by atoms with Crippen LogP contribution in [0.2, 0.25) is 0 Å². The number of nitrogens with zero attached hydrogens (tertiary/aromatic N) is 1. The van der Waals surface area contributed by atoms with Gasteiger partial charge in [-0.05, 0) is 6.42 Å². The van der Waals surface area contributed by atoms with Crippen molar-refractivity contribution in [3.05, 3.63) is 0 Å². The molecule has 0 amide bonds. The molecule has 9 heavy (non-hydrogen) atoms. The molecule has 3 heteroatoms. The fourth-order valence-electron chi connectivity index (χ4n) is 1.03. The Hall–Kier alpha value is -0.730. The summed E-state index contributed by atoms with van der Waals surface area (Å²) in [6.07, 6.45) is 1.13. The Bertz CT molecular complexity index is 111. The lowest BCUT2D eigenvalue weighted by molar-refractivity contribution is 0.458. The molecule has 0 aliphatic carbocycles. The van der Waals surface area contributed by atoms with Crippen molar-refractivity contribution in [2.45, 2.75) is 13.3 Å². The Kier molecular flexibility index (Phi) is 1.92. The van der Waals surface area contributed by atoms with Crippen LogP contribution in [0.3, 0.4) is 0 Å². The van der Waals surface area contributed by atoms with Crippen LogP contribution in [-0.4, -0.2) is 30.5 Å². The SMILES string of the molecule is CCCN1CCNC1=N. The van der Waals surface area contributed by atoms with Crippen molar-refractivity contribution in [2.75, 3.05) is 19.6 Å². The summed E-state index contributed by atoms with van der Waals surface area (Å²) < 4.78 is 0. The largest absolute Gasteiger partial charge is 0.355 e. The molecule has 0 aromatic carbocycles. The van der Waals surface area contributed by atoms with E-state index in [9.17, 15) is 0 Å². The van der Waals surface area contributed by atoms with Gasteiger partial charge in [-0.2, -0.15) is 0 Å². The summed E-state index contributed by atoms with van der Waals surface area (Å²) >= 11 is 0. The number of hydrogen-bond acceptors (Lipinski definition) is 1. The van der Waals surface area contributed by atoms with Crippen LogP contribution in [-0.2, 0) is 0 Å². The Morgan fingerprint density at radius 1 is 1.78 bits per heavy atom. The van der Waals surface area contributed by atoms with Crippen molar-refractivity contribution in [1.29, 1.82) is 5.41 Å². The number of nitrogens with one attached hydrogen (secondary N) is 2. The van der Waals surface area contributed by atoms with E-state index < -0.39 is 0 Å². The van der Waals surface area contributed by atoms with Crippen molar-refractivity contribution in [3.63, 3.8) is 0 Å². The van der Waals surface area contributed by atoms with Crippen LogP contribution in [0.1, 0.15) is 13.3 Å². The van der Waals surface area contributed by atoms with Gasteiger partial charge in [-0.3, -0.25) is 5.41 Å². The van der Waals surface area contributed by atoms with Crippen LogP contribution in [0.4, 0.5) is 0 Å². The maximum absolute atomic E-state index is 7.32. The minimum absolute atomic E-state index is 0.594. The first-order valence-electron chi connectivity index (χ1n) is 3.42. The second-order valence-corrected chi connectivity index (χ2v) is 2.26. The Morgan fingerprint density at radius 3 is 3.00 bits per heavy atom. The topological polar surface area (TPSA) is 39.1 Å². The zero-order chi connectivity index (χ0) is 6.69. The first-order chi connectivity index (χ1) is 4.34. The molecule has 0 spiro atoms. The Labute approximate surface area is 55.6 Å². The van der Waals surface area contributed by atoms with E-state index in [0.29, 0.717) is 5.96 Å². The molecule has 0 aromatic rings. The summed E-state index contributed by atoms with van der Waals surface area (Å²) in [5.74, 6) is 0.594. The smallest absolute Gasteiger partial charge is 0.191 e. The molecule has 0 radical (unpaired) electrons. The summed E-state index contributed by atoms with van der Waals surface area (Å²) in [6, 6.07) is 0. The third-order valence-corrected chi connectivity index (χ3v) is 1.48. The summed E-state index contributed by atoms with van der Waals surface area (Å²) in [5, 5.41) is 10.3. The molecule has 1 heterocycles. The fourth-order valence-corrected chi connectivity index (χ4v) is 1.03. The molecule has 2 N–H and O–H groups in total. The summed E-state index contributed by atoms with van der Waals surface area (Å²) in [6.45, 7) is 5.10. The van der Waals surface area contributed by atoms with E-state index in [1.54, 1.807) is 0 Å². The molecule has 1 aliphatic heterocycles. The first-order valence-corrected chi connectivity index (χ1v) is 3.42. The van der Waals surface area contributed by atoms with Crippen LogP contribution < -0.4 is 5.32 Å². The second-order valence-electron chi connectivity index (χ2n) is 2.26. The minimum Gasteiger partial charge on any atom is -0.355 e. The number of hydrogen-bond donors (Lipinski definition) is 2. The van der Waals surface area contributed by atoms with E-state index in [0.717, 1.165) is 26.1 Å². The van der Waals surface area contributed by atoms with Crippen molar-refractivity contribution in [1.82, 2.24) is 10.2 Å². The van der Waals surface area contributed by atoms with Crippen LogP contribution in [0.5, 0.6) is 0 Å². The fraction of sp³-hybridized carbons (Fsp3) is 0.833. The highest BCUT2D eigenvalue weighted by Gasteiger charge is 2.13. The zero-order valence-electron chi connectivity index (χ0n) is 5.78. The van der Waals surface area contributed by atoms with Gasteiger partial charge < -0.3 is 10.2 Å². The van der Waals surface area contributed by atoms with Gasteiger partial charge in [0.1, 0.15) is 0 Å². The van der Waals surface area contributed by atoms with Crippen LogP contribution >= 0.6 is 0 Å². The van der Waals surface area contributed by atoms with Gasteiger partial charge in [-0.15, -0.1) is 0 Å². The predicted octanol–water partition coefficient (Wildman–Crippen LogP) is 0.236. The highest BCUT2D eigenvalue weighted by Crippen LogP contribution is 1.95. The molecule has 3 nitrogen and oxygen atoms in total. The maximum atomic E-state index is 7.32. The van der Waals surface area contributed by atoms with E-state index >= 15 is 0 Å². The lowest BCUT2D eigenvalue weighted by Gasteiger charge is -2.13. The van der Waals surface area contributed by atoms with Crippen LogP contribution in [0, 0.1) is 5.41 Å². The van der Waals surface area contributed by atoms with Gasteiger partial charge in [0.2, 0.25) is 0 Å². The lowest BCUT2D eigenvalue weighted by Crippen LogP contribution is -2.29. The lowest BCUT2D eigenvalue weighted by atomic mass is 10.4. The average molecular weight is 127 g/mol. The van der Waals surface area contributed by atoms with Crippen LogP contribution in [0.15, 0.2) is 0 Å². The van der Waals surface area contributed by atoms with Crippen molar-refractivity contribution < 1.29 is 0 Å². The van der Waals surface area contributed by atoms with Crippen LogP contribution in [0.25, 0.3) is 0 Å². The highest BCUT2D eigenvalue weighted by molar-refractivity contribution is 5.78. The zero-order valence-corrected chi connectivity index (χ0v) is 5.78. The monoisotopic (exact) mass is 127 g/mol. The molecule has 1 saturated heterocycles. The van der Waals surface area contributed by atoms with Crippen molar-refractivity contribution >= 4 is 5.96 Å². The van der Waals surface area contributed by atoms with Gasteiger partial charge in [-0.25, -0.2) is 0 Å². The molecule has 0 atom stereocenters. The average Bonchev–Trinajstić information content (AvgIpc) is 2.18. The minimum atomic E-state index is 0.594. The molecule has 0 bridgehead atoms. The van der Waals surface area contributed by atoms with Crippen molar-refractivity contribution in [2.24, 2.45) is 0 Å². The molecule has 52 valence electrons. The van der Waals surface area contributed by atoms with E-state index in [2.05, 4.69) is 17.1 Å². The van der Waals surface area contributed by atoms with E-state index in [1.807, 2.05) is 0 Å². The highest BCUT2D eigenvalue weighted by atomic mass is 15.3. The van der Waals surface area contributed by atoms with Gasteiger partial charge in [0, 0.05) is 19.6 Å². The summed E-state index contributed by atoms with van der Waals surface area (Å²) in [5.41, 5.74) is 0. The van der Waals surface area contributed by atoms with E-state index in [-0.39, 0.29) is 0 Å². The van der Waals surface area contributed by atoms with E-state index in [4.69, 9.17) is 5.41 Å². The van der Waals surface area contributed by atoms with Gasteiger partial charge in [0.25, 0.3) is 0 Å². The predicted molar refractivity (Wildman–Crippen MR) is 37.6 cm³/mol. The van der Waals surface area contributed by atoms with E-state index in [1.165, 1.54) is 0 Å². The second kappa shape index (κ2) is 2.71. The van der Waals surface area contributed by atoms with Gasteiger partial charge in [0.05, 0.1) is 0 Å². The third-order valence-electron chi connectivity index (χ3n) is 1.48. The molecule has 0 saturated carbocycles. The van der Waals surface area contributed by atoms with Gasteiger partial charge in [-0.1, -0.05) is 6.92 Å². The maximum Gasteiger partial charge on any atom is 0.191 e. The molecular weight excluding hydrogens is 114 g/mol. The standard InChI is InChI=1S/C6H13N3/c1-2-4-9-5-3-8-6(9)7/h2-5H2,1H3,(H2,7,8). The Morgan fingerprint density at radius 2 is 2.56 bits per heavy atom. The molecule has 1 aliphatic rings. The summed E-state index contributed by atoms with van der Waals surface area (Å²) in [4.78, 5) is 2.06. The Balaban J connectivity index is 2.31. The first kappa shape index (κ1) is 6.39. The number of rotatable bonds is 2. The molecule has 0 unspecified atom stereocenters. The van der Waals surface area contributed by atoms with Gasteiger partial charge >= 0.3 is 0 Å². The molecule has 1 fully saturated rings. The van der Waals surface area contributed by atoms with Crippen molar-refractivity contribution in [3.8, 4) is 0 Å². The number of guanidine groups is 1. The normalized spacial score (nSPS) is 18.3. The third kappa shape index (κ3) is 1.34. The molecule has 1 rings (SSSR count). The molecule has 0 aromatic heterocycles. The quantitative estimate of drug-likeness (QED) is 0.557. The van der Waals surface area contributed by atoms with Gasteiger partial charge in [0.15, 0.2) is 5.96 Å². The molecular formula is C6H13N3.